The molecule has 13 heteroatoms. The Balaban J connectivity index is 1.74. The van der Waals surface area contributed by atoms with Crippen molar-refractivity contribution in [2.24, 2.45) is 0 Å². The van der Waals surface area contributed by atoms with E-state index in [2.05, 4.69) is 5.32 Å². The van der Waals surface area contributed by atoms with Crippen LogP contribution in [0.4, 0.5) is 11.4 Å². The molecule has 1 heterocycles. The van der Waals surface area contributed by atoms with Gasteiger partial charge < -0.3 is 10.1 Å². The fraction of sp³-hybridized carbons (Fsp3) is 0.316. The van der Waals surface area contributed by atoms with Gasteiger partial charge in [0.2, 0.25) is 26.0 Å². The van der Waals surface area contributed by atoms with Gasteiger partial charge in [0.25, 0.3) is 0 Å². The van der Waals surface area contributed by atoms with Crippen molar-refractivity contribution in [1.82, 2.24) is 4.31 Å². The zero-order valence-electron chi connectivity index (χ0n) is 17.0. The Morgan fingerprint density at radius 3 is 2.28 bits per heavy atom. The quantitative estimate of drug-likeness (QED) is 0.598. The standard InChI is InChI=1S/C19H21Cl2N3O6S2/c1-31(26,27)24(18-12-14(20)2-7-17(18)21)13-19(25)22-15-3-5-16(6-4-15)32(28,29)23-8-10-30-11-9-23/h2-7,12H,8-11,13H2,1H3,(H,22,25). The van der Waals surface area contributed by atoms with Gasteiger partial charge in [-0.3, -0.25) is 9.10 Å². The normalized spacial score (nSPS) is 15.3. The van der Waals surface area contributed by atoms with Crippen molar-refractivity contribution in [2.75, 3.05) is 48.7 Å². The molecule has 1 aliphatic heterocycles. The third-order valence-electron chi connectivity index (χ3n) is 4.61. The van der Waals surface area contributed by atoms with E-state index in [1.54, 1.807) is 0 Å². The van der Waals surface area contributed by atoms with Gasteiger partial charge in [-0.1, -0.05) is 23.2 Å². The van der Waals surface area contributed by atoms with E-state index in [0.717, 1.165) is 10.6 Å². The molecule has 0 aliphatic carbocycles. The van der Waals surface area contributed by atoms with E-state index in [0.29, 0.717) is 18.9 Å². The van der Waals surface area contributed by atoms with Crippen LogP contribution in [0.5, 0.6) is 0 Å². The second kappa shape index (κ2) is 9.94. The van der Waals surface area contributed by atoms with Crippen LogP contribution in [0, 0.1) is 0 Å². The first-order chi connectivity index (χ1) is 15.0. The summed E-state index contributed by atoms with van der Waals surface area (Å²) in [5.41, 5.74) is 0.380. The van der Waals surface area contributed by atoms with Gasteiger partial charge in [-0.05, 0) is 42.5 Å². The second-order valence-electron chi connectivity index (χ2n) is 6.95. The predicted molar refractivity (Wildman–Crippen MR) is 123 cm³/mol. The maximum atomic E-state index is 12.7. The number of benzene rings is 2. The van der Waals surface area contributed by atoms with Crippen LogP contribution in [-0.4, -0.2) is 66.2 Å². The van der Waals surface area contributed by atoms with Crippen molar-refractivity contribution >= 4 is 60.5 Å². The summed E-state index contributed by atoms with van der Waals surface area (Å²) in [7, 11) is -7.51. The maximum absolute atomic E-state index is 12.7. The smallest absolute Gasteiger partial charge is 0.245 e. The zero-order chi connectivity index (χ0) is 23.5. The topological polar surface area (TPSA) is 113 Å². The molecule has 2 aromatic carbocycles. The van der Waals surface area contributed by atoms with E-state index in [1.165, 1.54) is 46.8 Å². The highest BCUT2D eigenvalue weighted by atomic mass is 35.5. The van der Waals surface area contributed by atoms with E-state index in [4.69, 9.17) is 27.9 Å². The first kappa shape index (κ1) is 24.7. The molecule has 174 valence electrons. The van der Waals surface area contributed by atoms with Crippen molar-refractivity contribution in [2.45, 2.75) is 4.90 Å². The second-order valence-corrected chi connectivity index (χ2v) is 11.6. The number of hydrogen-bond acceptors (Lipinski definition) is 6. The van der Waals surface area contributed by atoms with Gasteiger partial charge in [0.15, 0.2) is 0 Å². The minimum absolute atomic E-state index is 0.0729. The summed E-state index contributed by atoms with van der Waals surface area (Å²) < 4.78 is 57.2. The lowest BCUT2D eigenvalue weighted by atomic mass is 10.3. The molecule has 0 unspecified atom stereocenters. The Labute approximate surface area is 197 Å². The van der Waals surface area contributed by atoms with E-state index in [9.17, 15) is 21.6 Å². The Kier molecular flexibility index (Phi) is 7.69. The summed E-state index contributed by atoms with van der Waals surface area (Å²) in [5.74, 6) is -0.643. The molecular weight excluding hydrogens is 501 g/mol. The van der Waals surface area contributed by atoms with Crippen LogP contribution in [0.1, 0.15) is 0 Å². The number of halogens is 2. The molecule has 0 atom stereocenters. The Morgan fingerprint density at radius 2 is 1.69 bits per heavy atom. The number of nitrogens with one attached hydrogen (secondary N) is 1. The Hall–Kier alpha value is -1.89. The summed E-state index contributed by atoms with van der Waals surface area (Å²) in [6, 6.07) is 9.91. The van der Waals surface area contributed by atoms with E-state index >= 15 is 0 Å². The van der Waals surface area contributed by atoms with Crippen LogP contribution < -0.4 is 9.62 Å². The molecular formula is C19H21Cl2N3O6S2. The van der Waals surface area contributed by atoms with Crippen LogP contribution in [-0.2, 0) is 29.6 Å². The van der Waals surface area contributed by atoms with Crippen molar-refractivity contribution < 1.29 is 26.4 Å². The molecule has 0 saturated carbocycles. The first-order valence-corrected chi connectivity index (χ1v) is 13.4. The van der Waals surface area contributed by atoms with Gasteiger partial charge in [0, 0.05) is 23.8 Å². The molecule has 3 rings (SSSR count). The van der Waals surface area contributed by atoms with Gasteiger partial charge in [0.05, 0.1) is 35.1 Å². The molecule has 0 spiro atoms. The fourth-order valence-corrected chi connectivity index (χ4v) is 5.74. The van der Waals surface area contributed by atoms with Gasteiger partial charge in [-0.2, -0.15) is 4.31 Å². The number of morpholine rings is 1. The molecule has 1 fully saturated rings. The van der Waals surface area contributed by atoms with Crippen molar-refractivity contribution in [3.63, 3.8) is 0 Å². The highest BCUT2D eigenvalue weighted by Crippen LogP contribution is 2.30. The lowest BCUT2D eigenvalue weighted by molar-refractivity contribution is -0.114. The van der Waals surface area contributed by atoms with Crippen molar-refractivity contribution in [1.29, 1.82) is 0 Å². The van der Waals surface area contributed by atoms with Crippen LogP contribution in [0.2, 0.25) is 10.0 Å². The van der Waals surface area contributed by atoms with E-state index in [1.807, 2.05) is 0 Å². The lowest BCUT2D eigenvalue weighted by Gasteiger charge is -2.26. The van der Waals surface area contributed by atoms with E-state index in [-0.39, 0.29) is 33.7 Å². The lowest BCUT2D eigenvalue weighted by Crippen LogP contribution is -2.40. The molecule has 0 bridgehead atoms. The summed E-state index contributed by atoms with van der Waals surface area (Å²) >= 11 is 12.0. The number of nitrogens with zero attached hydrogens (tertiary/aromatic N) is 2. The SMILES string of the molecule is CS(=O)(=O)N(CC(=O)Nc1ccc(S(=O)(=O)N2CCOCC2)cc1)c1cc(Cl)ccc1Cl. The van der Waals surface area contributed by atoms with Gasteiger partial charge in [0.1, 0.15) is 6.54 Å². The summed E-state index contributed by atoms with van der Waals surface area (Å²) in [5, 5.41) is 2.93. The number of hydrogen-bond donors (Lipinski definition) is 1. The third-order valence-corrected chi connectivity index (χ3v) is 8.20. The van der Waals surface area contributed by atoms with Crippen LogP contribution in [0.15, 0.2) is 47.4 Å². The zero-order valence-corrected chi connectivity index (χ0v) is 20.1. The molecule has 1 aliphatic rings. The average molecular weight is 522 g/mol. The summed E-state index contributed by atoms with van der Waals surface area (Å²) in [6.45, 7) is 0.664. The molecule has 1 N–H and O–H groups in total. The number of amides is 1. The molecule has 2 aromatic rings. The summed E-state index contributed by atoms with van der Waals surface area (Å²) in [4.78, 5) is 12.6. The maximum Gasteiger partial charge on any atom is 0.245 e. The van der Waals surface area contributed by atoms with Crippen LogP contribution >= 0.6 is 23.2 Å². The fourth-order valence-electron chi connectivity index (χ4n) is 3.04. The number of sulfonamides is 2. The number of carbonyl (C=O) groups excluding carboxylic acids is 1. The molecule has 0 radical (unpaired) electrons. The highest BCUT2D eigenvalue weighted by Gasteiger charge is 2.27. The number of anilines is 2. The average Bonchev–Trinajstić information content (AvgIpc) is 2.74. The van der Waals surface area contributed by atoms with Gasteiger partial charge >= 0.3 is 0 Å². The molecule has 1 saturated heterocycles. The minimum atomic E-state index is -3.85. The molecule has 9 nitrogen and oxygen atoms in total. The number of carbonyl (C=O) groups is 1. The van der Waals surface area contributed by atoms with E-state index < -0.39 is 32.5 Å². The largest absolute Gasteiger partial charge is 0.379 e. The van der Waals surface area contributed by atoms with Gasteiger partial charge in [-0.25, -0.2) is 16.8 Å². The first-order valence-electron chi connectivity index (χ1n) is 9.39. The third kappa shape index (κ3) is 5.91. The Morgan fingerprint density at radius 1 is 1.06 bits per heavy atom. The van der Waals surface area contributed by atoms with Crippen LogP contribution in [0.3, 0.4) is 0 Å². The summed E-state index contributed by atoms with van der Waals surface area (Å²) in [6.07, 6.45) is 0.947. The monoisotopic (exact) mass is 521 g/mol. The van der Waals surface area contributed by atoms with Crippen molar-refractivity contribution in [3.05, 3.63) is 52.5 Å². The minimum Gasteiger partial charge on any atom is -0.379 e. The molecule has 0 aromatic heterocycles. The molecule has 1 amide bonds. The van der Waals surface area contributed by atoms with Crippen molar-refractivity contribution in [3.8, 4) is 0 Å². The number of rotatable bonds is 7. The Bertz CT molecular complexity index is 1200. The highest BCUT2D eigenvalue weighted by molar-refractivity contribution is 7.92. The molecule has 32 heavy (non-hydrogen) atoms. The number of ether oxygens (including phenoxy) is 1. The van der Waals surface area contributed by atoms with Crippen LogP contribution in [0.25, 0.3) is 0 Å². The van der Waals surface area contributed by atoms with Gasteiger partial charge in [-0.15, -0.1) is 0 Å². The predicted octanol–water partition coefficient (Wildman–Crippen LogP) is 2.42.